The summed E-state index contributed by atoms with van der Waals surface area (Å²) in [7, 11) is 1.48. The molecule has 3 nitrogen and oxygen atoms in total. The summed E-state index contributed by atoms with van der Waals surface area (Å²) >= 11 is 0. The molecule has 2 aliphatic rings. The molecule has 0 saturated heterocycles. The molecule has 108 valence electrons. The Morgan fingerprint density at radius 2 is 1.95 bits per heavy atom. The second-order valence-corrected chi connectivity index (χ2v) is 6.50. The molecule has 3 heteroatoms. The lowest BCUT2D eigenvalue weighted by Crippen LogP contribution is -2.50. The fraction of sp³-hybridized carbons (Fsp3) is 0.588. The van der Waals surface area contributed by atoms with E-state index in [2.05, 4.69) is 23.5 Å². The van der Waals surface area contributed by atoms with Crippen molar-refractivity contribution in [3.63, 3.8) is 0 Å². The van der Waals surface area contributed by atoms with Gasteiger partial charge in [-0.25, -0.2) is 0 Å². The molecular weight excluding hydrogens is 250 g/mol. The summed E-state index contributed by atoms with van der Waals surface area (Å²) in [4.78, 5) is 12.3. The standard InChI is InChI=1S/C17H23NO2/c1-16(15(19)20-2)12-18-17(9-5-6-10-17)11-13-7-3-4-8-14(13)16/h3-4,7-8,18H,5-6,9-12H2,1-2H3. The smallest absolute Gasteiger partial charge is 0.317 e. The van der Waals surface area contributed by atoms with Gasteiger partial charge in [0.1, 0.15) is 5.41 Å². The van der Waals surface area contributed by atoms with E-state index in [1.165, 1.54) is 38.4 Å². The topological polar surface area (TPSA) is 38.3 Å². The van der Waals surface area contributed by atoms with Crippen molar-refractivity contribution in [2.45, 2.75) is 50.0 Å². The second kappa shape index (κ2) is 4.88. The van der Waals surface area contributed by atoms with Gasteiger partial charge in [-0.3, -0.25) is 4.79 Å². The third kappa shape index (κ3) is 2.05. The molecule has 1 unspecified atom stereocenters. The number of fused-ring (bicyclic) bond motifs is 1. The van der Waals surface area contributed by atoms with E-state index in [4.69, 9.17) is 4.74 Å². The lowest BCUT2D eigenvalue weighted by Gasteiger charge is -2.31. The Kier molecular flexibility index (Phi) is 3.33. The van der Waals surface area contributed by atoms with E-state index in [1.54, 1.807) is 0 Å². The lowest BCUT2D eigenvalue weighted by molar-refractivity contribution is -0.146. The number of carbonyl (C=O) groups excluding carboxylic acids is 1. The van der Waals surface area contributed by atoms with E-state index in [0.717, 1.165) is 12.0 Å². The predicted octanol–water partition coefficient (Wildman–Crippen LogP) is 2.58. The first-order valence-corrected chi connectivity index (χ1v) is 7.52. The number of hydrogen-bond acceptors (Lipinski definition) is 3. The van der Waals surface area contributed by atoms with Crippen molar-refractivity contribution in [3.8, 4) is 0 Å². The summed E-state index contributed by atoms with van der Waals surface area (Å²) in [6.07, 6.45) is 6.00. The van der Waals surface area contributed by atoms with E-state index >= 15 is 0 Å². The molecule has 1 N–H and O–H groups in total. The van der Waals surface area contributed by atoms with Crippen LogP contribution < -0.4 is 5.32 Å². The molecule has 1 atom stereocenters. The van der Waals surface area contributed by atoms with Crippen LogP contribution in [0.4, 0.5) is 0 Å². The van der Waals surface area contributed by atoms with Crippen LogP contribution in [0, 0.1) is 0 Å². The van der Waals surface area contributed by atoms with Crippen LogP contribution in [0.5, 0.6) is 0 Å². The van der Waals surface area contributed by atoms with Gasteiger partial charge >= 0.3 is 5.97 Å². The molecule has 1 aliphatic heterocycles. The zero-order chi connectivity index (χ0) is 14.2. The van der Waals surface area contributed by atoms with Gasteiger partial charge in [-0.05, 0) is 37.3 Å². The molecule has 20 heavy (non-hydrogen) atoms. The molecule has 1 aliphatic carbocycles. The summed E-state index contributed by atoms with van der Waals surface area (Å²) in [6, 6.07) is 8.35. The third-order valence-electron chi connectivity index (χ3n) is 5.15. The fourth-order valence-electron chi connectivity index (χ4n) is 3.91. The lowest BCUT2D eigenvalue weighted by atomic mass is 9.79. The first kappa shape index (κ1) is 13.6. The first-order valence-electron chi connectivity index (χ1n) is 7.52. The van der Waals surface area contributed by atoms with Gasteiger partial charge in [0.15, 0.2) is 0 Å². The van der Waals surface area contributed by atoms with Crippen molar-refractivity contribution < 1.29 is 9.53 Å². The quantitative estimate of drug-likeness (QED) is 0.799. The highest BCUT2D eigenvalue weighted by Gasteiger charge is 2.45. The minimum absolute atomic E-state index is 0.146. The SMILES string of the molecule is COC(=O)C1(C)CNC2(CCCC2)Cc2ccccc21. The zero-order valence-electron chi connectivity index (χ0n) is 12.4. The summed E-state index contributed by atoms with van der Waals surface area (Å²) in [5.74, 6) is -0.146. The van der Waals surface area contributed by atoms with Crippen LogP contribution in [0.15, 0.2) is 24.3 Å². The average molecular weight is 273 g/mol. The third-order valence-corrected chi connectivity index (χ3v) is 5.15. The Morgan fingerprint density at radius 1 is 1.25 bits per heavy atom. The molecule has 0 radical (unpaired) electrons. The Labute approximate surface area is 120 Å². The molecule has 0 amide bonds. The van der Waals surface area contributed by atoms with Crippen LogP contribution in [0.25, 0.3) is 0 Å². The molecule has 1 saturated carbocycles. The zero-order valence-corrected chi connectivity index (χ0v) is 12.4. The van der Waals surface area contributed by atoms with Gasteiger partial charge < -0.3 is 10.1 Å². The number of carbonyl (C=O) groups is 1. The van der Waals surface area contributed by atoms with E-state index in [9.17, 15) is 4.79 Å². The van der Waals surface area contributed by atoms with Crippen molar-refractivity contribution in [2.75, 3.05) is 13.7 Å². The van der Waals surface area contributed by atoms with Gasteiger partial charge in [0, 0.05) is 12.1 Å². The van der Waals surface area contributed by atoms with Gasteiger partial charge in [0.25, 0.3) is 0 Å². The van der Waals surface area contributed by atoms with E-state index in [1.807, 2.05) is 13.0 Å². The predicted molar refractivity (Wildman–Crippen MR) is 78.7 cm³/mol. The van der Waals surface area contributed by atoms with Crippen LogP contribution >= 0.6 is 0 Å². The van der Waals surface area contributed by atoms with Crippen LogP contribution in [0.2, 0.25) is 0 Å². The number of esters is 1. The Bertz CT molecular complexity index is 519. The summed E-state index contributed by atoms with van der Waals surface area (Å²) in [5, 5.41) is 3.71. The normalized spacial score (nSPS) is 27.9. The van der Waals surface area contributed by atoms with Crippen molar-refractivity contribution in [3.05, 3.63) is 35.4 Å². The summed E-state index contributed by atoms with van der Waals surface area (Å²) in [6.45, 7) is 2.66. The van der Waals surface area contributed by atoms with Crippen LogP contribution in [-0.4, -0.2) is 25.2 Å². The number of methoxy groups -OCH3 is 1. The minimum atomic E-state index is -0.586. The number of nitrogens with one attached hydrogen (secondary N) is 1. The molecule has 0 bridgehead atoms. The van der Waals surface area contributed by atoms with Gasteiger partial charge in [-0.1, -0.05) is 37.1 Å². The average Bonchev–Trinajstić information content (AvgIpc) is 2.88. The maximum absolute atomic E-state index is 12.3. The van der Waals surface area contributed by atoms with E-state index < -0.39 is 5.41 Å². The van der Waals surface area contributed by atoms with Crippen molar-refractivity contribution in [2.24, 2.45) is 0 Å². The second-order valence-electron chi connectivity index (χ2n) is 6.50. The molecule has 1 aromatic rings. The van der Waals surface area contributed by atoms with Crippen LogP contribution in [0.1, 0.15) is 43.7 Å². The highest BCUT2D eigenvalue weighted by atomic mass is 16.5. The molecule has 0 aromatic heterocycles. The number of ether oxygens (including phenoxy) is 1. The molecule has 3 rings (SSSR count). The molecule has 1 heterocycles. The Morgan fingerprint density at radius 3 is 2.65 bits per heavy atom. The Balaban J connectivity index is 2.06. The maximum atomic E-state index is 12.3. The summed E-state index contributed by atoms with van der Waals surface area (Å²) < 4.78 is 5.08. The highest BCUT2D eigenvalue weighted by Crippen LogP contribution is 2.39. The first-order chi connectivity index (χ1) is 9.60. The maximum Gasteiger partial charge on any atom is 0.317 e. The highest BCUT2D eigenvalue weighted by molar-refractivity contribution is 5.83. The Hall–Kier alpha value is -1.35. The van der Waals surface area contributed by atoms with Gasteiger partial charge in [-0.15, -0.1) is 0 Å². The monoisotopic (exact) mass is 273 g/mol. The van der Waals surface area contributed by atoms with Crippen molar-refractivity contribution in [1.82, 2.24) is 5.32 Å². The van der Waals surface area contributed by atoms with Gasteiger partial charge in [-0.2, -0.15) is 0 Å². The number of rotatable bonds is 1. The van der Waals surface area contributed by atoms with Crippen LogP contribution in [-0.2, 0) is 21.4 Å². The van der Waals surface area contributed by atoms with Crippen molar-refractivity contribution >= 4 is 5.97 Å². The van der Waals surface area contributed by atoms with E-state index in [-0.39, 0.29) is 11.5 Å². The van der Waals surface area contributed by atoms with Crippen LogP contribution in [0.3, 0.4) is 0 Å². The molecule has 1 fully saturated rings. The molecule has 1 spiro atoms. The minimum Gasteiger partial charge on any atom is -0.468 e. The van der Waals surface area contributed by atoms with Gasteiger partial charge in [0.2, 0.25) is 0 Å². The fourth-order valence-corrected chi connectivity index (χ4v) is 3.91. The van der Waals surface area contributed by atoms with Gasteiger partial charge in [0.05, 0.1) is 7.11 Å². The van der Waals surface area contributed by atoms with E-state index in [0.29, 0.717) is 6.54 Å². The largest absolute Gasteiger partial charge is 0.468 e. The number of benzene rings is 1. The molecule has 1 aromatic carbocycles. The summed E-state index contributed by atoms with van der Waals surface area (Å²) in [5.41, 5.74) is 2.02. The van der Waals surface area contributed by atoms with Crippen molar-refractivity contribution in [1.29, 1.82) is 0 Å². The number of hydrogen-bond donors (Lipinski definition) is 1. The molecular formula is C17H23NO2.